The van der Waals surface area contributed by atoms with Gasteiger partial charge in [0.2, 0.25) is 0 Å². The van der Waals surface area contributed by atoms with E-state index in [4.69, 9.17) is 4.74 Å². The van der Waals surface area contributed by atoms with Crippen molar-refractivity contribution in [2.45, 2.75) is 59.3 Å². The molecule has 0 aromatic heterocycles. The van der Waals surface area contributed by atoms with Crippen molar-refractivity contribution >= 4 is 15.9 Å². The Morgan fingerprint density at radius 1 is 1.19 bits per heavy atom. The molecule has 0 heterocycles. The molecule has 0 bridgehead atoms. The maximum Gasteiger partial charge on any atom is 0.0731 e. The van der Waals surface area contributed by atoms with Crippen molar-refractivity contribution in [1.82, 2.24) is 5.32 Å². The average Bonchev–Trinajstić information content (AvgIpc) is 2.43. The summed E-state index contributed by atoms with van der Waals surface area (Å²) in [6.07, 6.45) is 4.20. The normalized spacial score (nSPS) is 26.0. The smallest absolute Gasteiger partial charge is 0.0731 e. The van der Waals surface area contributed by atoms with E-state index in [0.29, 0.717) is 12.7 Å². The molecule has 3 heteroatoms. The van der Waals surface area contributed by atoms with Crippen LogP contribution in [0.3, 0.4) is 0 Å². The SMILES string of the molecule is CCNCc1ccc(COC2CC(C)CC(C)C2)c(Br)c1. The monoisotopic (exact) mass is 353 g/mol. The highest BCUT2D eigenvalue weighted by atomic mass is 79.9. The van der Waals surface area contributed by atoms with Gasteiger partial charge in [0.25, 0.3) is 0 Å². The zero-order valence-electron chi connectivity index (χ0n) is 13.5. The van der Waals surface area contributed by atoms with Gasteiger partial charge in [-0.3, -0.25) is 0 Å². The third-order valence-electron chi connectivity index (χ3n) is 4.31. The highest BCUT2D eigenvalue weighted by Gasteiger charge is 2.24. The van der Waals surface area contributed by atoms with Crippen LogP contribution in [0.25, 0.3) is 0 Å². The number of halogens is 1. The minimum Gasteiger partial charge on any atom is -0.373 e. The van der Waals surface area contributed by atoms with Gasteiger partial charge in [0.15, 0.2) is 0 Å². The van der Waals surface area contributed by atoms with E-state index >= 15 is 0 Å². The summed E-state index contributed by atoms with van der Waals surface area (Å²) >= 11 is 3.68. The molecule has 0 spiro atoms. The maximum absolute atomic E-state index is 6.17. The predicted octanol–water partition coefficient (Wildman–Crippen LogP) is 4.90. The first-order valence-electron chi connectivity index (χ1n) is 8.18. The molecule has 1 aromatic carbocycles. The molecule has 21 heavy (non-hydrogen) atoms. The van der Waals surface area contributed by atoms with Gasteiger partial charge in [-0.15, -0.1) is 0 Å². The van der Waals surface area contributed by atoms with Crippen molar-refractivity contribution in [2.75, 3.05) is 6.54 Å². The van der Waals surface area contributed by atoms with E-state index in [1.165, 1.54) is 30.4 Å². The fraction of sp³-hybridized carbons (Fsp3) is 0.667. The summed E-state index contributed by atoms with van der Waals surface area (Å²) in [5, 5.41) is 3.35. The molecule has 1 fully saturated rings. The zero-order valence-corrected chi connectivity index (χ0v) is 15.1. The molecular formula is C18H28BrNO. The summed E-state index contributed by atoms with van der Waals surface area (Å²) in [6.45, 7) is 9.46. The molecule has 118 valence electrons. The second-order valence-corrected chi connectivity index (χ2v) is 7.41. The van der Waals surface area contributed by atoms with Gasteiger partial charge in [-0.2, -0.15) is 0 Å². The molecule has 1 aliphatic rings. The standard InChI is InChI=1S/C18H28BrNO/c1-4-20-11-15-5-6-16(18(19)10-15)12-21-17-8-13(2)7-14(3)9-17/h5-6,10,13-14,17,20H,4,7-9,11-12H2,1-3H3. The lowest BCUT2D eigenvalue weighted by molar-refractivity contribution is -0.00937. The van der Waals surface area contributed by atoms with Crippen LogP contribution in [-0.2, 0) is 17.9 Å². The Morgan fingerprint density at radius 3 is 2.52 bits per heavy atom. The number of ether oxygens (including phenoxy) is 1. The first-order chi connectivity index (χ1) is 10.1. The van der Waals surface area contributed by atoms with Crippen LogP contribution in [-0.4, -0.2) is 12.6 Å². The van der Waals surface area contributed by atoms with Crippen LogP contribution in [0.5, 0.6) is 0 Å². The largest absolute Gasteiger partial charge is 0.373 e. The summed E-state index contributed by atoms with van der Waals surface area (Å²) in [5.74, 6) is 1.59. The van der Waals surface area contributed by atoms with Gasteiger partial charge in [0.1, 0.15) is 0 Å². The molecular weight excluding hydrogens is 326 g/mol. The first kappa shape index (κ1) is 17.0. The van der Waals surface area contributed by atoms with Crippen molar-refractivity contribution < 1.29 is 4.74 Å². The lowest BCUT2D eigenvalue weighted by Crippen LogP contribution is -2.26. The minimum atomic E-state index is 0.428. The Hall–Kier alpha value is -0.380. The van der Waals surface area contributed by atoms with Crippen molar-refractivity contribution in [2.24, 2.45) is 11.8 Å². The van der Waals surface area contributed by atoms with E-state index in [9.17, 15) is 0 Å². The predicted molar refractivity (Wildman–Crippen MR) is 92.3 cm³/mol. The number of hydrogen-bond donors (Lipinski definition) is 1. The fourth-order valence-corrected chi connectivity index (χ4v) is 3.84. The molecule has 1 aliphatic carbocycles. The molecule has 0 radical (unpaired) electrons. The minimum absolute atomic E-state index is 0.428. The molecule has 0 aliphatic heterocycles. The third kappa shape index (κ3) is 5.39. The summed E-state index contributed by atoms with van der Waals surface area (Å²) in [4.78, 5) is 0. The Balaban J connectivity index is 1.88. The highest BCUT2D eigenvalue weighted by Crippen LogP contribution is 2.31. The van der Waals surface area contributed by atoms with Crippen LogP contribution in [0.15, 0.2) is 22.7 Å². The van der Waals surface area contributed by atoms with E-state index in [1.54, 1.807) is 0 Å². The molecule has 0 amide bonds. The van der Waals surface area contributed by atoms with Crippen LogP contribution in [0.4, 0.5) is 0 Å². The molecule has 2 unspecified atom stereocenters. The first-order valence-corrected chi connectivity index (χ1v) is 8.97. The topological polar surface area (TPSA) is 21.3 Å². The van der Waals surface area contributed by atoms with E-state index in [2.05, 4.69) is 60.2 Å². The third-order valence-corrected chi connectivity index (χ3v) is 5.04. The van der Waals surface area contributed by atoms with Crippen LogP contribution < -0.4 is 5.32 Å². The molecule has 1 N–H and O–H groups in total. The number of benzene rings is 1. The van der Waals surface area contributed by atoms with Gasteiger partial charge in [-0.25, -0.2) is 0 Å². The van der Waals surface area contributed by atoms with Gasteiger partial charge in [-0.1, -0.05) is 48.8 Å². The van der Waals surface area contributed by atoms with Crippen molar-refractivity contribution in [3.8, 4) is 0 Å². The average molecular weight is 354 g/mol. The Kier molecular flexibility index (Phi) is 6.72. The van der Waals surface area contributed by atoms with E-state index in [-0.39, 0.29) is 0 Å². The Bertz CT molecular complexity index is 439. The maximum atomic E-state index is 6.17. The zero-order chi connectivity index (χ0) is 15.2. The second-order valence-electron chi connectivity index (χ2n) is 6.56. The van der Waals surface area contributed by atoms with Gasteiger partial charge in [0.05, 0.1) is 12.7 Å². The highest BCUT2D eigenvalue weighted by molar-refractivity contribution is 9.10. The van der Waals surface area contributed by atoms with Crippen molar-refractivity contribution in [3.05, 3.63) is 33.8 Å². The van der Waals surface area contributed by atoms with Crippen LogP contribution >= 0.6 is 15.9 Å². The number of nitrogens with one attached hydrogen (secondary N) is 1. The number of rotatable bonds is 6. The molecule has 1 aromatic rings. The van der Waals surface area contributed by atoms with Gasteiger partial charge < -0.3 is 10.1 Å². The van der Waals surface area contributed by atoms with E-state index in [1.807, 2.05) is 0 Å². The molecule has 0 saturated heterocycles. The lowest BCUT2D eigenvalue weighted by Gasteiger charge is -2.31. The Labute approximate surface area is 137 Å². The lowest BCUT2D eigenvalue weighted by atomic mass is 9.82. The van der Waals surface area contributed by atoms with E-state index < -0.39 is 0 Å². The van der Waals surface area contributed by atoms with Gasteiger partial charge in [0, 0.05) is 11.0 Å². The summed E-state index contributed by atoms with van der Waals surface area (Å²) in [5.41, 5.74) is 2.56. The second kappa shape index (κ2) is 8.30. The summed E-state index contributed by atoms with van der Waals surface area (Å²) in [7, 11) is 0. The van der Waals surface area contributed by atoms with Crippen molar-refractivity contribution in [1.29, 1.82) is 0 Å². The van der Waals surface area contributed by atoms with Crippen LogP contribution in [0, 0.1) is 11.8 Å². The summed E-state index contributed by atoms with van der Waals surface area (Å²) in [6, 6.07) is 6.58. The van der Waals surface area contributed by atoms with Crippen LogP contribution in [0.1, 0.15) is 51.2 Å². The molecule has 2 rings (SSSR count). The summed E-state index contributed by atoms with van der Waals surface area (Å²) < 4.78 is 7.33. The fourth-order valence-electron chi connectivity index (χ4n) is 3.30. The Morgan fingerprint density at radius 2 is 1.90 bits per heavy atom. The van der Waals surface area contributed by atoms with Gasteiger partial charge in [-0.05, 0) is 54.8 Å². The van der Waals surface area contributed by atoms with E-state index in [0.717, 1.165) is 29.4 Å². The molecule has 1 saturated carbocycles. The number of hydrogen-bond acceptors (Lipinski definition) is 2. The van der Waals surface area contributed by atoms with Gasteiger partial charge >= 0.3 is 0 Å². The van der Waals surface area contributed by atoms with Crippen LogP contribution in [0.2, 0.25) is 0 Å². The molecule has 2 atom stereocenters. The molecule has 2 nitrogen and oxygen atoms in total. The van der Waals surface area contributed by atoms with Crippen molar-refractivity contribution in [3.63, 3.8) is 0 Å². The quantitative estimate of drug-likeness (QED) is 0.785.